The molecule has 7 nitrogen and oxygen atoms in total. The second-order valence-electron chi connectivity index (χ2n) is 5.96. The van der Waals surface area contributed by atoms with Crippen molar-refractivity contribution in [1.82, 2.24) is 9.88 Å². The van der Waals surface area contributed by atoms with Crippen LogP contribution in [0, 0.1) is 5.92 Å². The molecule has 1 unspecified atom stereocenters. The fourth-order valence-electron chi connectivity index (χ4n) is 2.99. The number of anilines is 2. The van der Waals surface area contributed by atoms with Crippen LogP contribution in [-0.2, 0) is 27.5 Å². The zero-order valence-corrected chi connectivity index (χ0v) is 12.6. The summed E-state index contributed by atoms with van der Waals surface area (Å²) in [6, 6.07) is 0. The van der Waals surface area contributed by atoms with Crippen LogP contribution in [0.15, 0.2) is 6.20 Å². The van der Waals surface area contributed by atoms with Gasteiger partial charge in [-0.05, 0) is 18.8 Å². The molecule has 3 heterocycles. The quantitative estimate of drug-likeness (QED) is 0.751. The lowest BCUT2D eigenvalue weighted by molar-refractivity contribution is -0.144. The predicted octanol–water partition coefficient (Wildman–Crippen LogP) is 0.891. The summed E-state index contributed by atoms with van der Waals surface area (Å²) in [6.45, 7) is 4.11. The zero-order valence-electron chi connectivity index (χ0n) is 12.6. The molecular formula is C15H20N4O3. The average Bonchev–Trinajstić information content (AvgIpc) is 3.00. The summed E-state index contributed by atoms with van der Waals surface area (Å²) in [5, 5.41) is 2.65. The number of likely N-dealkylation sites (tertiary alicyclic amines) is 1. The van der Waals surface area contributed by atoms with Crippen LogP contribution in [-0.4, -0.2) is 34.8 Å². The minimum atomic E-state index is -0.630. The smallest absolute Gasteiger partial charge is 0.313 e. The van der Waals surface area contributed by atoms with Gasteiger partial charge in [0.25, 0.3) is 0 Å². The Morgan fingerprint density at radius 3 is 2.95 bits per heavy atom. The second kappa shape index (κ2) is 5.92. The van der Waals surface area contributed by atoms with Gasteiger partial charge in [-0.3, -0.25) is 9.59 Å². The number of aromatic nitrogens is 1. The van der Waals surface area contributed by atoms with E-state index in [1.165, 1.54) is 6.20 Å². The summed E-state index contributed by atoms with van der Waals surface area (Å²) in [4.78, 5) is 30.1. The molecule has 1 fully saturated rings. The lowest BCUT2D eigenvalue weighted by Gasteiger charge is -2.30. The Morgan fingerprint density at radius 1 is 1.41 bits per heavy atom. The molecule has 1 atom stereocenters. The number of hydrogen-bond acceptors (Lipinski definition) is 5. The summed E-state index contributed by atoms with van der Waals surface area (Å²) in [6.07, 6.45) is 3.51. The van der Waals surface area contributed by atoms with Gasteiger partial charge in [0.2, 0.25) is 0 Å². The summed E-state index contributed by atoms with van der Waals surface area (Å²) < 4.78 is 5.34. The maximum absolute atomic E-state index is 12.3. The minimum Gasteiger partial charge on any atom is -0.383 e. The highest BCUT2D eigenvalue weighted by Gasteiger charge is 2.28. The van der Waals surface area contributed by atoms with Gasteiger partial charge in [0.15, 0.2) is 0 Å². The van der Waals surface area contributed by atoms with Gasteiger partial charge in [0.05, 0.1) is 25.1 Å². The number of carbonyl (C=O) groups is 2. The molecule has 3 N–H and O–H groups in total. The zero-order chi connectivity index (χ0) is 15.7. The number of nitrogen functional groups attached to an aromatic ring is 1. The molecule has 0 saturated carbocycles. The third-order valence-electron chi connectivity index (χ3n) is 4.21. The topological polar surface area (TPSA) is 97.6 Å². The molecule has 2 amide bonds. The van der Waals surface area contributed by atoms with Gasteiger partial charge in [-0.1, -0.05) is 6.92 Å². The Morgan fingerprint density at radius 2 is 2.18 bits per heavy atom. The molecule has 0 radical (unpaired) electrons. The number of nitrogens with one attached hydrogen (secondary N) is 1. The molecule has 1 aromatic heterocycles. The van der Waals surface area contributed by atoms with Crippen LogP contribution in [0.3, 0.4) is 0 Å². The fourth-order valence-corrected chi connectivity index (χ4v) is 2.99. The van der Waals surface area contributed by atoms with E-state index in [0.717, 1.165) is 24.0 Å². The van der Waals surface area contributed by atoms with E-state index in [0.29, 0.717) is 43.7 Å². The van der Waals surface area contributed by atoms with E-state index in [-0.39, 0.29) is 0 Å². The van der Waals surface area contributed by atoms with Crippen LogP contribution in [0.1, 0.15) is 30.9 Å². The van der Waals surface area contributed by atoms with Crippen molar-refractivity contribution in [3.8, 4) is 0 Å². The Kier molecular flexibility index (Phi) is 3.98. The third-order valence-corrected chi connectivity index (χ3v) is 4.21. The van der Waals surface area contributed by atoms with Crippen LogP contribution >= 0.6 is 0 Å². The Labute approximate surface area is 128 Å². The van der Waals surface area contributed by atoms with E-state index >= 15 is 0 Å². The van der Waals surface area contributed by atoms with E-state index in [2.05, 4.69) is 17.2 Å². The highest BCUT2D eigenvalue weighted by Crippen LogP contribution is 2.30. The van der Waals surface area contributed by atoms with E-state index in [1.54, 1.807) is 4.90 Å². The summed E-state index contributed by atoms with van der Waals surface area (Å²) in [5.74, 6) is -0.283. The van der Waals surface area contributed by atoms with Crippen LogP contribution < -0.4 is 11.1 Å². The molecule has 3 rings (SSSR count). The number of amides is 2. The summed E-state index contributed by atoms with van der Waals surface area (Å²) in [5.41, 5.74) is 7.88. The first-order valence-electron chi connectivity index (χ1n) is 7.50. The Hall–Kier alpha value is -2.15. The molecule has 0 bridgehead atoms. The Balaban J connectivity index is 1.72. The molecule has 1 aromatic rings. The number of pyridine rings is 1. The van der Waals surface area contributed by atoms with Crippen molar-refractivity contribution in [2.45, 2.75) is 33.0 Å². The average molecular weight is 304 g/mol. The first-order valence-corrected chi connectivity index (χ1v) is 7.50. The summed E-state index contributed by atoms with van der Waals surface area (Å²) in [7, 11) is 0. The van der Waals surface area contributed by atoms with Crippen molar-refractivity contribution in [3.63, 3.8) is 0 Å². The van der Waals surface area contributed by atoms with Gasteiger partial charge in [-0.25, -0.2) is 4.98 Å². The van der Waals surface area contributed by atoms with Crippen LogP contribution in [0.4, 0.5) is 11.5 Å². The second-order valence-corrected chi connectivity index (χ2v) is 5.96. The highest BCUT2D eigenvalue weighted by molar-refractivity contribution is 6.39. The van der Waals surface area contributed by atoms with Crippen LogP contribution in [0.2, 0.25) is 0 Å². The van der Waals surface area contributed by atoms with Gasteiger partial charge in [0, 0.05) is 24.2 Å². The van der Waals surface area contributed by atoms with Crippen LogP contribution in [0.5, 0.6) is 0 Å². The lowest BCUT2D eigenvalue weighted by atomic mass is 10.0. The molecule has 7 heteroatoms. The molecule has 22 heavy (non-hydrogen) atoms. The van der Waals surface area contributed by atoms with Crippen molar-refractivity contribution in [3.05, 3.63) is 17.3 Å². The molecular weight excluding hydrogens is 284 g/mol. The SMILES string of the molecule is CC1CCCN(C(=O)C(=O)Nc2cnc(N)c3c2COC3)C1. The van der Waals surface area contributed by atoms with E-state index in [9.17, 15) is 9.59 Å². The van der Waals surface area contributed by atoms with Crippen LogP contribution in [0.25, 0.3) is 0 Å². The van der Waals surface area contributed by atoms with Gasteiger partial charge in [-0.2, -0.15) is 0 Å². The van der Waals surface area contributed by atoms with E-state index in [4.69, 9.17) is 10.5 Å². The monoisotopic (exact) mass is 304 g/mol. The van der Waals surface area contributed by atoms with Crippen molar-refractivity contribution < 1.29 is 14.3 Å². The van der Waals surface area contributed by atoms with E-state index < -0.39 is 11.8 Å². The van der Waals surface area contributed by atoms with Gasteiger partial charge in [-0.15, -0.1) is 0 Å². The minimum absolute atomic E-state index is 0.368. The molecule has 2 aliphatic rings. The summed E-state index contributed by atoms with van der Waals surface area (Å²) >= 11 is 0. The number of piperidine rings is 1. The molecule has 2 aliphatic heterocycles. The largest absolute Gasteiger partial charge is 0.383 e. The number of fused-ring (bicyclic) bond motifs is 1. The number of nitrogens with two attached hydrogens (primary N) is 1. The number of nitrogens with zero attached hydrogens (tertiary/aromatic N) is 2. The first kappa shape index (κ1) is 14.8. The molecule has 1 saturated heterocycles. The third kappa shape index (κ3) is 2.76. The number of carbonyl (C=O) groups excluding carboxylic acids is 2. The predicted molar refractivity (Wildman–Crippen MR) is 80.8 cm³/mol. The van der Waals surface area contributed by atoms with Crippen molar-refractivity contribution in [1.29, 1.82) is 0 Å². The number of hydrogen-bond donors (Lipinski definition) is 2. The van der Waals surface area contributed by atoms with Crippen molar-refractivity contribution in [2.75, 3.05) is 24.1 Å². The van der Waals surface area contributed by atoms with Crippen molar-refractivity contribution in [2.24, 2.45) is 5.92 Å². The standard InChI is InChI=1S/C15H20N4O3/c1-9-3-2-4-19(6-9)15(21)14(20)18-12-5-17-13(16)11-8-22-7-10(11)12/h5,9H,2-4,6-8H2,1H3,(H2,16,17)(H,18,20). The fraction of sp³-hybridized carbons (Fsp3) is 0.533. The number of rotatable bonds is 1. The van der Waals surface area contributed by atoms with Crippen molar-refractivity contribution >= 4 is 23.3 Å². The van der Waals surface area contributed by atoms with Gasteiger partial charge < -0.3 is 20.7 Å². The highest BCUT2D eigenvalue weighted by atomic mass is 16.5. The maximum atomic E-state index is 12.3. The van der Waals surface area contributed by atoms with Gasteiger partial charge >= 0.3 is 11.8 Å². The maximum Gasteiger partial charge on any atom is 0.313 e. The van der Waals surface area contributed by atoms with E-state index in [1.807, 2.05) is 0 Å². The molecule has 118 valence electrons. The number of ether oxygens (including phenoxy) is 1. The molecule has 0 spiro atoms. The first-order chi connectivity index (χ1) is 10.6. The Bertz CT molecular complexity index is 617. The molecule has 0 aliphatic carbocycles. The van der Waals surface area contributed by atoms with Gasteiger partial charge in [0.1, 0.15) is 5.82 Å². The molecule has 0 aromatic carbocycles. The lowest BCUT2D eigenvalue weighted by Crippen LogP contribution is -2.44. The normalized spacial score (nSPS) is 20.6.